The SMILES string of the molecule is C[C@@H](NC(=O)Cn1ncc2ccccc2c1=O)[C@@H]1C[C@H]2CC[C@H]1C2. The van der Waals surface area contributed by atoms with E-state index in [1.54, 1.807) is 12.3 Å². The molecule has 4 rings (SSSR count). The zero-order valence-corrected chi connectivity index (χ0v) is 13.9. The minimum absolute atomic E-state index is 0.0190. The number of hydrogen-bond acceptors (Lipinski definition) is 3. The lowest BCUT2D eigenvalue weighted by Gasteiger charge is -2.28. The standard InChI is InChI=1S/C19H23N3O2/c1-12(17-9-13-6-7-14(17)8-13)21-18(23)11-22-19(24)16-5-3-2-4-15(16)10-20-22/h2-5,10,12-14,17H,6-9,11H2,1H3,(H,21,23)/t12-,13+,14+,17+/m1/s1. The van der Waals surface area contributed by atoms with Gasteiger partial charge in [0, 0.05) is 11.4 Å². The number of nitrogens with zero attached hydrogens (tertiary/aromatic N) is 2. The van der Waals surface area contributed by atoms with E-state index in [0.717, 1.165) is 17.2 Å². The van der Waals surface area contributed by atoms with E-state index < -0.39 is 0 Å². The number of fused-ring (bicyclic) bond motifs is 3. The van der Waals surface area contributed by atoms with Crippen molar-refractivity contribution >= 4 is 16.7 Å². The van der Waals surface area contributed by atoms with Crippen LogP contribution in [-0.4, -0.2) is 21.7 Å². The van der Waals surface area contributed by atoms with E-state index in [0.29, 0.717) is 11.3 Å². The molecular formula is C19H23N3O2. The second kappa shape index (κ2) is 6.04. The topological polar surface area (TPSA) is 64.0 Å². The van der Waals surface area contributed by atoms with Gasteiger partial charge in [0.25, 0.3) is 5.56 Å². The maximum absolute atomic E-state index is 12.4. The van der Waals surface area contributed by atoms with Gasteiger partial charge < -0.3 is 5.32 Å². The predicted octanol–water partition coefficient (Wildman–Crippen LogP) is 2.34. The van der Waals surface area contributed by atoms with Crippen LogP contribution in [0, 0.1) is 17.8 Å². The number of aromatic nitrogens is 2. The van der Waals surface area contributed by atoms with Gasteiger partial charge in [0.1, 0.15) is 6.54 Å². The predicted molar refractivity (Wildman–Crippen MR) is 92.5 cm³/mol. The van der Waals surface area contributed by atoms with Gasteiger partial charge in [0.15, 0.2) is 0 Å². The highest BCUT2D eigenvalue weighted by atomic mass is 16.2. The van der Waals surface area contributed by atoms with Crippen LogP contribution in [0.3, 0.4) is 0 Å². The maximum atomic E-state index is 12.4. The van der Waals surface area contributed by atoms with Crippen molar-refractivity contribution in [2.24, 2.45) is 17.8 Å². The minimum Gasteiger partial charge on any atom is -0.352 e. The van der Waals surface area contributed by atoms with E-state index >= 15 is 0 Å². The van der Waals surface area contributed by atoms with Crippen molar-refractivity contribution in [2.45, 2.75) is 45.2 Å². The molecule has 2 bridgehead atoms. The largest absolute Gasteiger partial charge is 0.352 e. The zero-order valence-electron chi connectivity index (χ0n) is 13.9. The number of carbonyl (C=O) groups excluding carboxylic acids is 1. The monoisotopic (exact) mass is 325 g/mol. The third-order valence-corrected chi connectivity index (χ3v) is 5.88. The summed E-state index contributed by atoms with van der Waals surface area (Å²) in [7, 11) is 0. The molecule has 126 valence electrons. The molecule has 2 aliphatic rings. The molecule has 1 amide bonds. The molecule has 2 fully saturated rings. The van der Waals surface area contributed by atoms with E-state index in [2.05, 4.69) is 17.3 Å². The van der Waals surface area contributed by atoms with Crippen molar-refractivity contribution in [1.29, 1.82) is 0 Å². The summed E-state index contributed by atoms with van der Waals surface area (Å²) in [5.74, 6) is 2.10. The summed E-state index contributed by atoms with van der Waals surface area (Å²) in [6.07, 6.45) is 6.87. The van der Waals surface area contributed by atoms with E-state index in [4.69, 9.17) is 0 Å². The Morgan fingerprint density at radius 2 is 2.17 bits per heavy atom. The Morgan fingerprint density at radius 1 is 1.33 bits per heavy atom. The molecule has 2 saturated carbocycles. The first-order valence-corrected chi connectivity index (χ1v) is 8.86. The molecule has 1 N–H and O–H groups in total. The molecule has 2 aromatic rings. The number of amides is 1. The number of carbonyl (C=O) groups is 1. The van der Waals surface area contributed by atoms with Gasteiger partial charge in [-0.2, -0.15) is 5.10 Å². The normalized spacial score (nSPS) is 26.6. The summed E-state index contributed by atoms with van der Waals surface area (Å²) in [5, 5.41) is 8.62. The summed E-state index contributed by atoms with van der Waals surface area (Å²) in [6, 6.07) is 7.49. The van der Waals surface area contributed by atoms with Crippen LogP contribution in [0.4, 0.5) is 0 Å². The number of hydrogen-bond donors (Lipinski definition) is 1. The summed E-state index contributed by atoms with van der Waals surface area (Å²) in [4.78, 5) is 24.8. The van der Waals surface area contributed by atoms with E-state index in [1.165, 1.54) is 30.4 Å². The lowest BCUT2D eigenvalue weighted by molar-refractivity contribution is -0.123. The Balaban J connectivity index is 1.44. The number of nitrogens with one attached hydrogen (secondary N) is 1. The maximum Gasteiger partial charge on any atom is 0.275 e. The van der Waals surface area contributed by atoms with Crippen LogP contribution >= 0.6 is 0 Å². The lowest BCUT2D eigenvalue weighted by atomic mass is 9.84. The third kappa shape index (κ3) is 2.72. The molecule has 0 saturated heterocycles. The Bertz CT molecular complexity index is 829. The summed E-state index contributed by atoms with van der Waals surface area (Å²) in [6.45, 7) is 2.08. The number of benzene rings is 1. The summed E-state index contributed by atoms with van der Waals surface area (Å²) < 4.78 is 1.26. The van der Waals surface area contributed by atoms with Gasteiger partial charge in [-0.15, -0.1) is 0 Å². The Labute approximate surface area is 141 Å². The molecule has 5 heteroatoms. The smallest absolute Gasteiger partial charge is 0.275 e. The van der Waals surface area contributed by atoms with Gasteiger partial charge in [-0.05, 0) is 50.0 Å². The molecule has 0 unspecified atom stereocenters. The molecule has 4 atom stereocenters. The molecular weight excluding hydrogens is 302 g/mol. The second-order valence-electron chi connectivity index (χ2n) is 7.39. The molecule has 1 heterocycles. The molecule has 2 aliphatic carbocycles. The van der Waals surface area contributed by atoms with Gasteiger partial charge in [-0.1, -0.05) is 24.6 Å². The fourth-order valence-electron chi connectivity index (χ4n) is 4.69. The van der Waals surface area contributed by atoms with Crippen molar-refractivity contribution < 1.29 is 4.79 Å². The Hall–Kier alpha value is -2.17. The van der Waals surface area contributed by atoms with Crippen molar-refractivity contribution in [3.8, 4) is 0 Å². The highest BCUT2D eigenvalue weighted by Crippen LogP contribution is 2.49. The summed E-state index contributed by atoms with van der Waals surface area (Å²) in [5.41, 5.74) is -0.212. The lowest BCUT2D eigenvalue weighted by Crippen LogP contribution is -2.43. The minimum atomic E-state index is -0.212. The first kappa shape index (κ1) is 15.4. The van der Waals surface area contributed by atoms with Crippen molar-refractivity contribution in [1.82, 2.24) is 15.1 Å². The summed E-state index contributed by atoms with van der Waals surface area (Å²) >= 11 is 0. The van der Waals surface area contributed by atoms with E-state index in [1.807, 2.05) is 18.2 Å². The molecule has 0 radical (unpaired) electrons. The average molecular weight is 325 g/mol. The van der Waals surface area contributed by atoms with E-state index in [9.17, 15) is 9.59 Å². The van der Waals surface area contributed by atoms with Gasteiger partial charge in [-0.3, -0.25) is 9.59 Å². The average Bonchev–Trinajstić information content (AvgIpc) is 3.21. The zero-order chi connectivity index (χ0) is 16.7. The number of rotatable bonds is 4. The van der Waals surface area contributed by atoms with Gasteiger partial charge in [-0.25, -0.2) is 4.68 Å². The molecule has 24 heavy (non-hydrogen) atoms. The van der Waals surface area contributed by atoms with Crippen molar-refractivity contribution in [2.75, 3.05) is 0 Å². The van der Waals surface area contributed by atoms with Crippen LogP contribution < -0.4 is 10.9 Å². The van der Waals surface area contributed by atoms with Crippen molar-refractivity contribution in [3.05, 3.63) is 40.8 Å². The van der Waals surface area contributed by atoms with Crippen LogP contribution in [0.2, 0.25) is 0 Å². The third-order valence-electron chi connectivity index (χ3n) is 5.88. The molecule has 0 aliphatic heterocycles. The van der Waals surface area contributed by atoms with Crippen LogP contribution in [0.25, 0.3) is 10.8 Å². The molecule has 1 aromatic heterocycles. The van der Waals surface area contributed by atoms with Crippen LogP contribution in [0.5, 0.6) is 0 Å². The quantitative estimate of drug-likeness (QED) is 0.938. The highest BCUT2D eigenvalue weighted by molar-refractivity contribution is 5.81. The first-order chi connectivity index (χ1) is 11.6. The Kier molecular flexibility index (Phi) is 3.87. The van der Waals surface area contributed by atoms with Gasteiger partial charge in [0.05, 0.1) is 11.6 Å². The Morgan fingerprint density at radius 3 is 2.92 bits per heavy atom. The molecule has 1 aromatic carbocycles. The molecule has 0 spiro atoms. The van der Waals surface area contributed by atoms with Crippen LogP contribution in [0.1, 0.15) is 32.6 Å². The fraction of sp³-hybridized carbons (Fsp3) is 0.526. The second-order valence-corrected chi connectivity index (χ2v) is 7.39. The first-order valence-electron chi connectivity index (χ1n) is 8.86. The van der Waals surface area contributed by atoms with Gasteiger partial charge >= 0.3 is 0 Å². The van der Waals surface area contributed by atoms with Crippen LogP contribution in [-0.2, 0) is 11.3 Å². The highest BCUT2D eigenvalue weighted by Gasteiger charge is 2.42. The molecule has 5 nitrogen and oxygen atoms in total. The van der Waals surface area contributed by atoms with Gasteiger partial charge in [0.2, 0.25) is 5.91 Å². The fourth-order valence-corrected chi connectivity index (χ4v) is 4.69. The van der Waals surface area contributed by atoms with Crippen molar-refractivity contribution in [3.63, 3.8) is 0 Å². The van der Waals surface area contributed by atoms with Crippen LogP contribution in [0.15, 0.2) is 35.3 Å². The van der Waals surface area contributed by atoms with E-state index in [-0.39, 0.29) is 24.1 Å².